The molecule has 4 aliphatic rings. The quantitative estimate of drug-likeness (QED) is 0.185. The number of rotatable bonds is 14. The number of fused-ring (bicyclic) bond motifs is 1. The fourth-order valence-electron chi connectivity index (χ4n) is 7.54. The zero-order chi connectivity index (χ0) is 28.2. The Hall–Kier alpha value is -1.71. The van der Waals surface area contributed by atoms with Crippen molar-refractivity contribution in [1.29, 1.82) is 0 Å². The van der Waals surface area contributed by atoms with E-state index in [1.165, 1.54) is 6.42 Å². The van der Waals surface area contributed by atoms with Crippen molar-refractivity contribution < 1.29 is 24.2 Å². The molecule has 1 N–H and O–H groups in total. The highest BCUT2D eigenvalue weighted by Crippen LogP contribution is 2.60. The standard InChI is InChI=1S/C30H46BrN3O5/c1-4-15-32(16-5-2)27(36)23-24-28(37)34(18-11-8-12-19-35)26(30(24)20-22(31)25(23)39-30)29(38)33(17-6-3)21-13-9-7-10-14-21/h4,6,21-26,35H,1,3,5,7-20H2,2H3/t22?,23-,24-,25-,26?,30?/m0/s1. The summed E-state index contributed by atoms with van der Waals surface area (Å²) in [6.07, 6.45) is 11.7. The molecule has 3 unspecified atom stereocenters. The Bertz CT molecular complexity index is 924. The Kier molecular flexibility index (Phi) is 10.3. The number of hydrogen-bond acceptors (Lipinski definition) is 5. The molecule has 4 rings (SSSR count). The summed E-state index contributed by atoms with van der Waals surface area (Å²) in [7, 11) is 0. The minimum atomic E-state index is -1.04. The smallest absolute Gasteiger partial charge is 0.248 e. The van der Waals surface area contributed by atoms with Crippen LogP contribution < -0.4 is 0 Å². The average Bonchev–Trinajstić information content (AvgIpc) is 3.52. The second-order valence-electron chi connectivity index (χ2n) is 11.6. The maximum atomic E-state index is 14.6. The predicted octanol–water partition coefficient (Wildman–Crippen LogP) is 3.67. The van der Waals surface area contributed by atoms with Crippen molar-refractivity contribution in [1.82, 2.24) is 14.7 Å². The Morgan fingerprint density at radius 1 is 1.13 bits per heavy atom. The summed E-state index contributed by atoms with van der Waals surface area (Å²) in [6, 6.07) is -0.651. The molecule has 1 saturated carbocycles. The Morgan fingerprint density at radius 2 is 1.85 bits per heavy atom. The van der Waals surface area contributed by atoms with E-state index >= 15 is 0 Å². The van der Waals surface area contributed by atoms with Gasteiger partial charge in [0.2, 0.25) is 17.7 Å². The highest BCUT2D eigenvalue weighted by molar-refractivity contribution is 9.09. The Labute approximate surface area is 241 Å². The van der Waals surface area contributed by atoms with Crippen molar-refractivity contribution >= 4 is 33.7 Å². The molecule has 1 spiro atoms. The summed E-state index contributed by atoms with van der Waals surface area (Å²) >= 11 is 3.78. The fourth-order valence-corrected chi connectivity index (χ4v) is 8.48. The van der Waals surface area contributed by atoms with Crippen LogP contribution in [-0.4, -0.2) is 98.9 Å². The van der Waals surface area contributed by atoms with E-state index in [9.17, 15) is 19.5 Å². The van der Waals surface area contributed by atoms with Gasteiger partial charge in [0, 0.05) is 43.7 Å². The zero-order valence-corrected chi connectivity index (χ0v) is 25.0. The molecule has 39 heavy (non-hydrogen) atoms. The van der Waals surface area contributed by atoms with Crippen LogP contribution in [0.3, 0.4) is 0 Å². The van der Waals surface area contributed by atoms with E-state index in [2.05, 4.69) is 29.1 Å². The van der Waals surface area contributed by atoms with Gasteiger partial charge in [0.1, 0.15) is 11.6 Å². The maximum Gasteiger partial charge on any atom is 0.248 e. The SMILES string of the molecule is C=CCN(CCC)C(=O)[C@H]1[C@H]2C(=O)N(CCCCCO)C(C(=O)N(CC=C)C3CCCCC3)C23CC(Br)[C@@H]1O3. The summed E-state index contributed by atoms with van der Waals surface area (Å²) in [5.41, 5.74) is -1.04. The number of nitrogens with zero attached hydrogens (tertiary/aromatic N) is 3. The first-order chi connectivity index (χ1) is 18.9. The minimum Gasteiger partial charge on any atom is -0.396 e. The molecule has 0 radical (unpaired) electrons. The van der Waals surface area contributed by atoms with Gasteiger partial charge in [0.25, 0.3) is 0 Å². The van der Waals surface area contributed by atoms with Gasteiger partial charge in [-0.3, -0.25) is 14.4 Å². The van der Waals surface area contributed by atoms with Gasteiger partial charge >= 0.3 is 0 Å². The number of aliphatic hydroxyl groups is 1. The third-order valence-electron chi connectivity index (χ3n) is 9.14. The molecule has 3 amide bonds. The lowest BCUT2D eigenvalue weighted by molar-refractivity contribution is -0.150. The van der Waals surface area contributed by atoms with Crippen molar-refractivity contribution in [3.05, 3.63) is 25.3 Å². The van der Waals surface area contributed by atoms with Gasteiger partial charge in [-0.2, -0.15) is 0 Å². The van der Waals surface area contributed by atoms with Crippen molar-refractivity contribution in [2.45, 2.75) is 99.7 Å². The van der Waals surface area contributed by atoms with Crippen LogP contribution in [0.2, 0.25) is 0 Å². The Balaban J connectivity index is 1.72. The lowest BCUT2D eigenvalue weighted by Crippen LogP contribution is -2.59. The third-order valence-corrected chi connectivity index (χ3v) is 9.99. The maximum absolute atomic E-state index is 14.6. The largest absolute Gasteiger partial charge is 0.396 e. The number of amides is 3. The van der Waals surface area contributed by atoms with Gasteiger partial charge in [0.05, 0.1) is 17.9 Å². The van der Waals surface area contributed by atoms with E-state index in [-0.39, 0.29) is 35.2 Å². The topological polar surface area (TPSA) is 90.4 Å². The second-order valence-corrected chi connectivity index (χ2v) is 12.8. The molecular formula is C30H46BrN3O5. The van der Waals surface area contributed by atoms with Crippen LogP contribution in [-0.2, 0) is 19.1 Å². The van der Waals surface area contributed by atoms with E-state index < -0.39 is 29.6 Å². The fraction of sp³-hybridized carbons (Fsp3) is 0.767. The first kappa shape index (κ1) is 30.3. The van der Waals surface area contributed by atoms with E-state index in [1.54, 1.807) is 22.0 Å². The summed E-state index contributed by atoms with van der Waals surface area (Å²) in [5, 5.41) is 9.28. The molecule has 9 heteroatoms. The predicted molar refractivity (Wildman–Crippen MR) is 154 cm³/mol. The molecule has 218 valence electrons. The number of unbranched alkanes of at least 4 members (excludes halogenated alkanes) is 2. The number of ether oxygens (including phenoxy) is 1. The average molecular weight is 609 g/mol. The highest BCUT2D eigenvalue weighted by Gasteiger charge is 2.76. The number of halogens is 1. The van der Waals surface area contributed by atoms with Crippen molar-refractivity contribution in [2.24, 2.45) is 11.8 Å². The number of aliphatic hydroxyl groups excluding tert-OH is 1. The number of likely N-dealkylation sites (tertiary alicyclic amines) is 1. The summed E-state index contributed by atoms with van der Waals surface area (Å²) in [6.45, 7) is 11.7. The third kappa shape index (κ3) is 5.60. The molecule has 1 aliphatic carbocycles. The zero-order valence-electron chi connectivity index (χ0n) is 23.4. The lowest BCUT2D eigenvalue weighted by Gasteiger charge is -2.41. The second kappa shape index (κ2) is 13.3. The van der Waals surface area contributed by atoms with E-state index in [0.717, 1.165) is 38.5 Å². The summed E-state index contributed by atoms with van der Waals surface area (Å²) in [5.74, 6) is -1.63. The number of carbonyl (C=O) groups is 3. The molecule has 0 aromatic carbocycles. The molecule has 0 aromatic rings. The molecule has 4 fully saturated rings. The number of hydrogen-bond donors (Lipinski definition) is 1. The lowest BCUT2D eigenvalue weighted by atomic mass is 9.70. The Morgan fingerprint density at radius 3 is 2.49 bits per heavy atom. The van der Waals surface area contributed by atoms with Gasteiger partial charge < -0.3 is 24.5 Å². The van der Waals surface area contributed by atoms with Crippen LogP contribution in [0.4, 0.5) is 0 Å². The molecule has 3 aliphatic heterocycles. The van der Waals surface area contributed by atoms with Gasteiger partial charge in [-0.15, -0.1) is 13.2 Å². The number of alkyl halides is 1. The van der Waals surface area contributed by atoms with E-state index in [1.807, 2.05) is 11.8 Å². The molecular weight excluding hydrogens is 562 g/mol. The van der Waals surface area contributed by atoms with Crippen LogP contribution in [0, 0.1) is 11.8 Å². The molecule has 0 aromatic heterocycles. The first-order valence-electron chi connectivity index (χ1n) is 14.9. The molecule has 3 heterocycles. The van der Waals surface area contributed by atoms with E-state index in [4.69, 9.17) is 4.74 Å². The summed E-state index contributed by atoms with van der Waals surface area (Å²) < 4.78 is 6.72. The van der Waals surface area contributed by atoms with Gasteiger partial charge in [-0.1, -0.05) is 54.3 Å². The van der Waals surface area contributed by atoms with Crippen LogP contribution in [0.25, 0.3) is 0 Å². The van der Waals surface area contributed by atoms with Crippen LogP contribution in [0.5, 0.6) is 0 Å². The summed E-state index contributed by atoms with van der Waals surface area (Å²) in [4.78, 5) is 48.1. The van der Waals surface area contributed by atoms with Gasteiger partial charge in [-0.05, 0) is 44.9 Å². The van der Waals surface area contributed by atoms with Gasteiger partial charge in [-0.25, -0.2) is 0 Å². The van der Waals surface area contributed by atoms with Crippen molar-refractivity contribution in [2.75, 3.05) is 32.8 Å². The van der Waals surface area contributed by atoms with E-state index in [0.29, 0.717) is 45.4 Å². The van der Waals surface area contributed by atoms with Crippen molar-refractivity contribution in [3.63, 3.8) is 0 Å². The molecule has 6 atom stereocenters. The van der Waals surface area contributed by atoms with Crippen LogP contribution in [0.15, 0.2) is 25.3 Å². The van der Waals surface area contributed by atoms with Crippen molar-refractivity contribution in [3.8, 4) is 0 Å². The first-order valence-corrected chi connectivity index (χ1v) is 15.8. The number of carbonyl (C=O) groups excluding carboxylic acids is 3. The monoisotopic (exact) mass is 607 g/mol. The van der Waals surface area contributed by atoms with Gasteiger partial charge in [0.15, 0.2) is 0 Å². The van der Waals surface area contributed by atoms with Crippen LogP contribution in [0.1, 0.15) is 71.1 Å². The normalized spacial score (nSPS) is 31.8. The highest BCUT2D eigenvalue weighted by atomic mass is 79.9. The molecule has 8 nitrogen and oxygen atoms in total. The van der Waals surface area contributed by atoms with Crippen LogP contribution >= 0.6 is 15.9 Å². The molecule has 3 saturated heterocycles. The molecule has 2 bridgehead atoms. The minimum absolute atomic E-state index is 0.0789.